The van der Waals surface area contributed by atoms with Crippen LogP contribution in [0.3, 0.4) is 0 Å². The predicted molar refractivity (Wildman–Crippen MR) is 104 cm³/mol. The molecule has 2 heterocycles. The van der Waals surface area contributed by atoms with Gasteiger partial charge in [0.2, 0.25) is 5.91 Å². The SMILES string of the molecule is Cc1nc(NCC(=O)NC2CCCCCCC2)c2c(C)c(C)sc2n1. The van der Waals surface area contributed by atoms with E-state index in [9.17, 15) is 4.79 Å². The lowest BCUT2D eigenvalue weighted by Crippen LogP contribution is -2.38. The Kier molecular flexibility index (Phi) is 5.89. The number of nitrogens with zero attached hydrogens (tertiary/aromatic N) is 2. The highest BCUT2D eigenvalue weighted by atomic mass is 32.1. The number of hydrogen-bond acceptors (Lipinski definition) is 5. The molecule has 136 valence electrons. The summed E-state index contributed by atoms with van der Waals surface area (Å²) in [6.45, 7) is 6.34. The zero-order chi connectivity index (χ0) is 17.8. The van der Waals surface area contributed by atoms with Crippen LogP contribution in [-0.4, -0.2) is 28.5 Å². The molecule has 1 fully saturated rings. The van der Waals surface area contributed by atoms with Crippen LogP contribution >= 0.6 is 11.3 Å². The summed E-state index contributed by atoms with van der Waals surface area (Å²) in [4.78, 5) is 23.7. The summed E-state index contributed by atoms with van der Waals surface area (Å²) in [5, 5.41) is 7.49. The van der Waals surface area contributed by atoms with Crippen LogP contribution in [0.1, 0.15) is 61.2 Å². The monoisotopic (exact) mass is 360 g/mol. The van der Waals surface area contributed by atoms with Crippen LogP contribution in [0.2, 0.25) is 0 Å². The Morgan fingerprint density at radius 3 is 2.48 bits per heavy atom. The molecule has 3 rings (SSSR count). The summed E-state index contributed by atoms with van der Waals surface area (Å²) in [6.07, 6.45) is 8.57. The lowest BCUT2D eigenvalue weighted by atomic mass is 9.97. The average molecular weight is 361 g/mol. The second-order valence-corrected chi connectivity index (χ2v) is 8.25. The first-order valence-corrected chi connectivity index (χ1v) is 10.1. The van der Waals surface area contributed by atoms with Crippen molar-refractivity contribution < 1.29 is 4.79 Å². The second-order valence-electron chi connectivity index (χ2n) is 7.05. The van der Waals surface area contributed by atoms with Crippen LogP contribution in [0.4, 0.5) is 5.82 Å². The van der Waals surface area contributed by atoms with Crippen LogP contribution < -0.4 is 10.6 Å². The molecule has 0 saturated heterocycles. The van der Waals surface area contributed by atoms with E-state index in [4.69, 9.17) is 0 Å². The van der Waals surface area contributed by atoms with Crippen molar-refractivity contribution in [3.63, 3.8) is 0 Å². The zero-order valence-electron chi connectivity index (χ0n) is 15.4. The quantitative estimate of drug-likeness (QED) is 0.855. The van der Waals surface area contributed by atoms with Gasteiger partial charge in [-0.05, 0) is 39.2 Å². The minimum absolute atomic E-state index is 0.0552. The molecule has 0 aromatic carbocycles. The standard InChI is InChI=1S/C19H28N4OS/c1-12-13(2)25-19-17(12)18(21-14(3)22-19)20-11-16(24)23-15-9-7-5-4-6-8-10-15/h15H,4-11H2,1-3H3,(H,23,24)(H,20,21,22). The van der Waals surface area contributed by atoms with Crippen molar-refractivity contribution in [3.8, 4) is 0 Å². The van der Waals surface area contributed by atoms with Crippen molar-refractivity contribution in [2.75, 3.05) is 11.9 Å². The van der Waals surface area contributed by atoms with Gasteiger partial charge in [-0.1, -0.05) is 32.1 Å². The molecule has 1 aliphatic rings. The molecule has 0 spiro atoms. The summed E-state index contributed by atoms with van der Waals surface area (Å²) >= 11 is 1.68. The molecule has 6 heteroatoms. The van der Waals surface area contributed by atoms with Crippen molar-refractivity contribution in [1.82, 2.24) is 15.3 Å². The fraction of sp³-hybridized carbons (Fsp3) is 0.632. The van der Waals surface area contributed by atoms with E-state index < -0.39 is 0 Å². The summed E-state index contributed by atoms with van der Waals surface area (Å²) in [6, 6.07) is 0.326. The van der Waals surface area contributed by atoms with E-state index in [0.29, 0.717) is 6.04 Å². The van der Waals surface area contributed by atoms with E-state index in [1.54, 1.807) is 11.3 Å². The molecule has 2 aromatic heterocycles. The molecular weight excluding hydrogens is 332 g/mol. The van der Waals surface area contributed by atoms with Crippen LogP contribution in [-0.2, 0) is 4.79 Å². The summed E-state index contributed by atoms with van der Waals surface area (Å²) in [7, 11) is 0. The Labute approximate surface area is 153 Å². The second kappa shape index (κ2) is 8.13. The maximum absolute atomic E-state index is 12.4. The molecule has 2 aromatic rings. The Balaban J connectivity index is 1.64. The number of aromatic nitrogens is 2. The van der Waals surface area contributed by atoms with Crippen molar-refractivity contribution in [3.05, 3.63) is 16.3 Å². The predicted octanol–water partition coefficient (Wildman–Crippen LogP) is 4.26. The molecule has 0 bridgehead atoms. The minimum Gasteiger partial charge on any atom is -0.360 e. The molecular formula is C19H28N4OS. The van der Waals surface area contributed by atoms with Gasteiger partial charge in [0, 0.05) is 10.9 Å². The van der Waals surface area contributed by atoms with Crippen LogP contribution in [0, 0.1) is 20.8 Å². The normalized spacial score (nSPS) is 16.4. The molecule has 5 nitrogen and oxygen atoms in total. The first kappa shape index (κ1) is 18.1. The maximum atomic E-state index is 12.4. The van der Waals surface area contributed by atoms with Gasteiger partial charge in [0.1, 0.15) is 16.5 Å². The van der Waals surface area contributed by atoms with E-state index in [2.05, 4.69) is 34.4 Å². The van der Waals surface area contributed by atoms with Gasteiger partial charge in [-0.15, -0.1) is 11.3 Å². The van der Waals surface area contributed by atoms with Crippen molar-refractivity contribution in [1.29, 1.82) is 0 Å². The topological polar surface area (TPSA) is 66.9 Å². The fourth-order valence-electron chi connectivity index (χ4n) is 3.53. The van der Waals surface area contributed by atoms with Gasteiger partial charge in [0.25, 0.3) is 0 Å². The summed E-state index contributed by atoms with van der Waals surface area (Å²) in [5.41, 5.74) is 1.20. The number of anilines is 1. The number of carbonyl (C=O) groups is 1. The van der Waals surface area contributed by atoms with Crippen molar-refractivity contribution in [2.45, 2.75) is 71.8 Å². The Bertz CT molecular complexity index is 747. The van der Waals surface area contributed by atoms with Crippen LogP contribution in [0.25, 0.3) is 10.2 Å². The highest BCUT2D eigenvalue weighted by molar-refractivity contribution is 7.18. The average Bonchev–Trinajstić information content (AvgIpc) is 2.82. The van der Waals surface area contributed by atoms with Gasteiger partial charge in [-0.25, -0.2) is 9.97 Å². The van der Waals surface area contributed by atoms with E-state index in [-0.39, 0.29) is 12.5 Å². The highest BCUT2D eigenvalue weighted by Gasteiger charge is 2.16. The maximum Gasteiger partial charge on any atom is 0.239 e. The number of aryl methyl sites for hydroxylation is 3. The van der Waals surface area contributed by atoms with Gasteiger partial charge in [-0.3, -0.25) is 4.79 Å². The summed E-state index contributed by atoms with van der Waals surface area (Å²) < 4.78 is 0. The van der Waals surface area contributed by atoms with E-state index in [0.717, 1.165) is 34.7 Å². The Morgan fingerprint density at radius 2 is 1.76 bits per heavy atom. The number of nitrogens with one attached hydrogen (secondary N) is 2. The minimum atomic E-state index is 0.0552. The molecule has 1 aliphatic carbocycles. The lowest BCUT2D eigenvalue weighted by molar-refractivity contribution is -0.120. The molecule has 0 aliphatic heterocycles. The first-order valence-electron chi connectivity index (χ1n) is 9.32. The number of rotatable bonds is 4. The zero-order valence-corrected chi connectivity index (χ0v) is 16.3. The highest BCUT2D eigenvalue weighted by Crippen LogP contribution is 2.33. The largest absolute Gasteiger partial charge is 0.360 e. The molecule has 1 amide bonds. The molecule has 1 saturated carbocycles. The molecule has 0 radical (unpaired) electrons. The van der Waals surface area contributed by atoms with Gasteiger partial charge in [0.15, 0.2) is 0 Å². The van der Waals surface area contributed by atoms with E-state index >= 15 is 0 Å². The van der Waals surface area contributed by atoms with Crippen molar-refractivity contribution in [2.24, 2.45) is 0 Å². The number of fused-ring (bicyclic) bond motifs is 1. The lowest BCUT2D eigenvalue weighted by Gasteiger charge is -2.21. The van der Waals surface area contributed by atoms with Crippen LogP contribution in [0.15, 0.2) is 0 Å². The number of amides is 1. The number of thiophene rings is 1. The van der Waals surface area contributed by atoms with Crippen molar-refractivity contribution >= 4 is 33.3 Å². The van der Waals surface area contributed by atoms with Crippen LogP contribution in [0.5, 0.6) is 0 Å². The van der Waals surface area contributed by atoms with Gasteiger partial charge in [-0.2, -0.15) is 0 Å². The molecule has 2 N–H and O–H groups in total. The smallest absolute Gasteiger partial charge is 0.239 e. The molecule has 0 atom stereocenters. The first-order chi connectivity index (χ1) is 12.0. The number of carbonyl (C=O) groups excluding carboxylic acids is 1. The van der Waals surface area contributed by atoms with Gasteiger partial charge < -0.3 is 10.6 Å². The van der Waals surface area contributed by atoms with E-state index in [1.807, 2.05) is 6.92 Å². The third kappa shape index (κ3) is 4.48. The van der Waals surface area contributed by atoms with Gasteiger partial charge >= 0.3 is 0 Å². The third-order valence-electron chi connectivity index (χ3n) is 5.03. The van der Waals surface area contributed by atoms with Gasteiger partial charge in [0.05, 0.1) is 11.9 Å². The summed E-state index contributed by atoms with van der Waals surface area (Å²) in [5.74, 6) is 1.56. The Morgan fingerprint density at radius 1 is 1.08 bits per heavy atom. The fourth-order valence-corrected chi connectivity index (χ4v) is 4.60. The molecule has 0 unspecified atom stereocenters. The Hall–Kier alpha value is -1.69. The van der Waals surface area contributed by atoms with E-state index in [1.165, 1.54) is 42.5 Å². The number of hydrogen-bond donors (Lipinski definition) is 2. The third-order valence-corrected chi connectivity index (χ3v) is 6.13. The molecule has 25 heavy (non-hydrogen) atoms.